The van der Waals surface area contributed by atoms with Gasteiger partial charge in [-0.05, 0) is 23.8 Å². The van der Waals surface area contributed by atoms with Gasteiger partial charge in [-0.2, -0.15) is 0 Å². The number of aromatic nitrogens is 1. The minimum absolute atomic E-state index is 0.0284. The van der Waals surface area contributed by atoms with Gasteiger partial charge in [-0.1, -0.05) is 18.2 Å². The van der Waals surface area contributed by atoms with Gasteiger partial charge in [-0.3, -0.25) is 14.9 Å². The average Bonchev–Trinajstić information content (AvgIpc) is 2.82. The lowest BCUT2D eigenvalue weighted by atomic mass is 10.0. The van der Waals surface area contributed by atoms with E-state index in [1.165, 1.54) is 10.7 Å². The van der Waals surface area contributed by atoms with Gasteiger partial charge >= 0.3 is 5.97 Å². The van der Waals surface area contributed by atoms with E-state index in [1.807, 2.05) is 0 Å². The average molecular weight is 244 g/mol. The molecule has 2 rings (SSSR count). The number of nitrogens with zero attached hydrogens (tertiary/aromatic N) is 1. The van der Waals surface area contributed by atoms with Gasteiger partial charge < -0.3 is 5.11 Å². The lowest BCUT2D eigenvalue weighted by Crippen LogP contribution is -2.23. The summed E-state index contributed by atoms with van der Waals surface area (Å²) in [5, 5.41) is 9.00. The van der Waals surface area contributed by atoms with Gasteiger partial charge in [0.05, 0.1) is 12.0 Å². The van der Waals surface area contributed by atoms with Gasteiger partial charge in [0.1, 0.15) is 0 Å². The quantitative estimate of drug-likeness (QED) is 0.856. The van der Waals surface area contributed by atoms with Crippen molar-refractivity contribution in [3.05, 3.63) is 59.9 Å². The Kier molecular flexibility index (Phi) is 3.43. The fraction of sp³-hybridized carbons (Fsp3) is 0.0769. The first-order valence-electron chi connectivity index (χ1n) is 5.41. The van der Waals surface area contributed by atoms with Crippen LogP contribution in [0.1, 0.15) is 15.9 Å². The van der Waals surface area contributed by atoms with Crippen LogP contribution in [-0.2, 0) is 11.2 Å². The summed E-state index contributed by atoms with van der Waals surface area (Å²) in [7, 11) is 0. The Bertz CT molecular complexity index is 561. The lowest BCUT2D eigenvalue weighted by molar-refractivity contribution is -0.116. The summed E-state index contributed by atoms with van der Waals surface area (Å²) >= 11 is 0. The number of carbonyl (C=O) groups is 2. The molecule has 5 heteroatoms. The Labute approximate surface area is 104 Å². The van der Waals surface area contributed by atoms with Crippen molar-refractivity contribution in [2.75, 3.05) is 5.43 Å². The maximum Gasteiger partial charge on any atom is 0.335 e. The number of hydrogen-bond donors (Lipinski definition) is 2. The topological polar surface area (TPSA) is 71.3 Å². The Balaban J connectivity index is 2.09. The molecule has 92 valence electrons. The highest BCUT2D eigenvalue weighted by Crippen LogP contribution is 2.09. The fourth-order valence-corrected chi connectivity index (χ4v) is 1.65. The van der Waals surface area contributed by atoms with Crippen LogP contribution in [0.2, 0.25) is 0 Å². The van der Waals surface area contributed by atoms with E-state index in [2.05, 4.69) is 5.43 Å². The van der Waals surface area contributed by atoms with Gasteiger partial charge in [0.15, 0.2) is 0 Å². The van der Waals surface area contributed by atoms with E-state index >= 15 is 0 Å². The number of amides is 1. The molecular formula is C13H12N2O3. The van der Waals surface area contributed by atoms with Crippen LogP contribution >= 0.6 is 0 Å². The van der Waals surface area contributed by atoms with Gasteiger partial charge in [0, 0.05) is 12.4 Å². The van der Waals surface area contributed by atoms with E-state index in [9.17, 15) is 9.59 Å². The van der Waals surface area contributed by atoms with Crippen molar-refractivity contribution in [1.82, 2.24) is 4.68 Å². The van der Waals surface area contributed by atoms with Crippen LogP contribution in [0, 0.1) is 0 Å². The molecule has 2 N–H and O–H groups in total. The maximum atomic E-state index is 11.7. The SMILES string of the molecule is O=C(Cc1ccccc1C(=O)O)Nn1cccc1. The largest absolute Gasteiger partial charge is 0.478 e. The summed E-state index contributed by atoms with van der Waals surface area (Å²) in [5.41, 5.74) is 3.27. The van der Waals surface area contributed by atoms with Crippen molar-refractivity contribution in [3.63, 3.8) is 0 Å². The molecule has 0 unspecified atom stereocenters. The number of carbonyl (C=O) groups excluding carboxylic acids is 1. The van der Waals surface area contributed by atoms with E-state index in [1.54, 1.807) is 42.7 Å². The molecule has 0 bridgehead atoms. The second-order valence-corrected chi connectivity index (χ2v) is 3.76. The molecule has 0 spiro atoms. The molecular weight excluding hydrogens is 232 g/mol. The first kappa shape index (κ1) is 11.9. The first-order chi connectivity index (χ1) is 8.66. The maximum absolute atomic E-state index is 11.7. The van der Waals surface area contributed by atoms with Gasteiger partial charge in [-0.15, -0.1) is 0 Å². The predicted molar refractivity (Wildman–Crippen MR) is 65.9 cm³/mol. The van der Waals surface area contributed by atoms with E-state index in [4.69, 9.17) is 5.11 Å². The number of nitrogens with one attached hydrogen (secondary N) is 1. The summed E-state index contributed by atoms with van der Waals surface area (Å²) in [6, 6.07) is 10.0. The monoisotopic (exact) mass is 244 g/mol. The Morgan fingerprint density at radius 2 is 1.78 bits per heavy atom. The third-order valence-electron chi connectivity index (χ3n) is 2.46. The third kappa shape index (κ3) is 2.76. The normalized spacial score (nSPS) is 10.0. The molecule has 0 atom stereocenters. The number of carboxylic acids is 1. The first-order valence-corrected chi connectivity index (χ1v) is 5.41. The van der Waals surface area contributed by atoms with Gasteiger partial charge in [0.2, 0.25) is 5.91 Å². The minimum atomic E-state index is -1.03. The van der Waals surface area contributed by atoms with Crippen LogP contribution in [0.5, 0.6) is 0 Å². The molecule has 18 heavy (non-hydrogen) atoms. The van der Waals surface area contributed by atoms with E-state index < -0.39 is 5.97 Å². The van der Waals surface area contributed by atoms with Crippen LogP contribution in [0.25, 0.3) is 0 Å². The Morgan fingerprint density at radius 3 is 2.44 bits per heavy atom. The second kappa shape index (κ2) is 5.18. The Hall–Kier alpha value is -2.56. The van der Waals surface area contributed by atoms with E-state index in [0.29, 0.717) is 5.56 Å². The number of hydrogen-bond acceptors (Lipinski definition) is 2. The van der Waals surface area contributed by atoms with Gasteiger partial charge in [0.25, 0.3) is 0 Å². The van der Waals surface area contributed by atoms with Crippen molar-refractivity contribution < 1.29 is 14.7 Å². The highest BCUT2D eigenvalue weighted by Gasteiger charge is 2.12. The van der Waals surface area contributed by atoms with Gasteiger partial charge in [-0.25, -0.2) is 4.79 Å². The van der Waals surface area contributed by atoms with Crippen molar-refractivity contribution >= 4 is 11.9 Å². The number of rotatable bonds is 4. The number of benzene rings is 1. The Morgan fingerprint density at radius 1 is 1.11 bits per heavy atom. The molecule has 0 saturated carbocycles. The summed E-state index contributed by atoms with van der Waals surface area (Å²) in [4.78, 5) is 22.7. The molecule has 2 aromatic rings. The lowest BCUT2D eigenvalue weighted by Gasteiger charge is -2.07. The molecule has 0 saturated heterocycles. The van der Waals surface area contributed by atoms with Crippen molar-refractivity contribution in [2.45, 2.75) is 6.42 Å². The summed E-state index contributed by atoms with van der Waals surface area (Å²) in [6.07, 6.45) is 3.42. The summed E-state index contributed by atoms with van der Waals surface area (Å²) < 4.78 is 1.52. The molecule has 1 amide bonds. The van der Waals surface area contributed by atoms with Crippen LogP contribution < -0.4 is 5.43 Å². The zero-order chi connectivity index (χ0) is 13.0. The number of aromatic carboxylic acids is 1. The highest BCUT2D eigenvalue weighted by atomic mass is 16.4. The molecule has 0 aliphatic heterocycles. The molecule has 1 aromatic carbocycles. The predicted octanol–water partition coefficient (Wildman–Crippen LogP) is 1.50. The summed E-state index contributed by atoms with van der Waals surface area (Å²) in [5.74, 6) is -1.29. The molecule has 0 aliphatic carbocycles. The van der Waals surface area contributed by atoms with Crippen molar-refractivity contribution in [3.8, 4) is 0 Å². The van der Waals surface area contributed by atoms with Crippen molar-refractivity contribution in [2.24, 2.45) is 0 Å². The van der Waals surface area contributed by atoms with Crippen LogP contribution in [0.4, 0.5) is 0 Å². The molecule has 5 nitrogen and oxygen atoms in total. The van der Waals surface area contributed by atoms with Crippen molar-refractivity contribution in [1.29, 1.82) is 0 Å². The minimum Gasteiger partial charge on any atom is -0.478 e. The number of carboxylic acid groups (broad SMARTS) is 1. The standard InChI is InChI=1S/C13H12N2O3/c16-12(14-15-7-3-4-8-15)9-10-5-1-2-6-11(10)13(17)18/h1-8H,9H2,(H,14,16)(H,17,18). The highest BCUT2D eigenvalue weighted by molar-refractivity contribution is 5.93. The van der Waals surface area contributed by atoms with E-state index in [0.717, 1.165) is 0 Å². The van der Waals surface area contributed by atoms with Crippen LogP contribution in [0.15, 0.2) is 48.8 Å². The molecule has 0 radical (unpaired) electrons. The fourth-order valence-electron chi connectivity index (χ4n) is 1.65. The third-order valence-corrected chi connectivity index (χ3v) is 2.46. The zero-order valence-corrected chi connectivity index (χ0v) is 9.54. The molecule has 0 fully saturated rings. The molecule has 1 aromatic heterocycles. The molecule has 0 aliphatic rings. The summed E-state index contributed by atoms with van der Waals surface area (Å²) in [6.45, 7) is 0. The van der Waals surface area contributed by atoms with Crippen LogP contribution in [-0.4, -0.2) is 21.7 Å². The van der Waals surface area contributed by atoms with Crippen LogP contribution in [0.3, 0.4) is 0 Å². The second-order valence-electron chi connectivity index (χ2n) is 3.76. The zero-order valence-electron chi connectivity index (χ0n) is 9.54. The van der Waals surface area contributed by atoms with E-state index in [-0.39, 0.29) is 17.9 Å². The molecule has 1 heterocycles. The smallest absolute Gasteiger partial charge is 0.335 e.